The van der Waals surface area contributed by atoms with Crippen molar-refractivity contribution < 1.29 is 4.74 Å². The highest BCUT2D eigenvalue weighted by Gasteiger charge is 2.31. The molecule has 0 saturated carbocycles. The molecule has 1 aliphatic heterocycles. The molecule has 1 aromatic rings. The van der Waals surface area contributed by atoms with Crippen molar-refractivity contribution in [1.29, 1.82) is 0 Å². The van der Waals surface area contributed by atoms with Crippen LogP contribution >= 0.6 is 11.6 Å². The van der Waals surface area contributed by atoms with E-state index in [1.54, 1.807) is 6.20 Å². The van der Waals surface area contributed by atoms with E-state index in [1.807, 2.05) is 4.68 Å². The van der Waals surface area contributed by atoms with Crippen molar-refractivity contribution in [3.63, 3.8) is 0 Å². The maximum absolute atomic E-state index is 6.27. The summed E-state index contributed by atoms with van der Waals surface area (Å²) in [5, 5.41) is 4.94. The first kappa shape index (κ1) is 14.7. The van der Waals surface area contributed by atoms with Crippen LogP contribution in [-0.4, -0.2) is 47.5 Å². The van der Waals surface area contributed by atoms with E-state index in [0.29, 0.717) is 11.6 Å². The van der Waals surface area contributed by atoms with Gasteiger partial charge in [0.2, 0.25) is 0 Å². The molecule has 7 heteroatoms. The molecule has 0 aliphatic carbocycles. The fourth-order valence-corrected chi connectivity index (χ4v) is 2.68. The van der Waals surface area contributed by atoms with Crippen molar-refractivity contribution in [3.05, 3.63) is 16.9 Å². The Morgan fingerprint density at radius 2 is 2.32 bits per heavy atom. The number of nitrogens with zero attached hydrogens (tertiary/aromatic N) is 3. The van der Waals surface area contributed by atoms with Crippen LogP contribution in [0.5, 0.6) is 0 Å². The maximum atomic E-state index is 6.27. The Balaban J connectivity index is 2.28. The number of nitrogens with two attached hydrogens (primary N) is 1. The number of ether oxygens (including phenoxy) is 1. The second kappa shape index (κ2) is 6.19. The minimum atomic E-state index is -0.167. The number of hydrogen-bond acceptors (Lipinski definition) is 5. The summed E-state index contributed by atoms with van der Waals surface area (Å²) in [6.45, 7) is 6.58. The third-order valence-corrected chi connectivity index (χ3v) is 3.71. The lowest BCUT2D eigenvalue weighted by Crippen LogP contribution is -2.49. The first-order valence-electron chi connectivity index (χ1n) is 6.53. The Labute approximate surface area is 118 Å². The SMILES string of the molecule is CC(C)n1ncc(Cl)c1C(NN)C1CN(C)CCO1. The van der Waals surface area contributed by atoms with Crippen LogP contribution in [0.15, 0.2) is 6.20 Å². The zero-order chi connectivity index (χ0) is 14.0. The smallest absolute Gasteiger partial charge is 0.0925 e. The molecule has 19 heavy (non-hydrogen) atoms. The lowest BCUT2D eigenvalue weighted by atomic mass is 10.1. The molecular formula is C12H22ClN5O. The summed E-state index contributed by atoms with van der Waals surface area (Å²) >= 11 is 6.27. The lowest BCUT2D eigenvalue weighted by Gasteiger charge is -2.35. The predicted molar refractivity (Wildman–Crippen MR) is 74.9 cm³/mol. The Morgan fingerprint density at radius 1 is 1.58 bits per heavy atom. The van der Waals surface area contributed by atoms with E-state index in [2.05, 4.69) is 36.3 Å². The lowest BCUT2D eigenvalue weighted by molar-refractivity contribution is -0.0408. The minimum absolute atomic E-state index is 0.0320. The number of hydrogen-bond donors (Lipinski definition) is 2. The van der Waals surface area contributed by atoms with Crippen LogP contribution in [0.2, 0.25) is 5.02 Å². The van der Waals surface area contributed by atoms with Gasteiger partial charge >= 0.3 is 0 Å². The van der Waals surface area contributed by atoms with E-state index in [0.717, 1.165) is 18.8 Å². The molecule has 3 N–H and O–H groups in total. The van der Waals surface area contributed by atoms with Crippen molar-refractivity contribution in [2.75, 3.05) is 26.7 Å². The van der Waals surface area contributed by atoms with Gasteiger partial charge in [0.1, 0.15) is 0 Å². The van der Waals surface area contributed by atoms with Gasteiger partial charge in [-0.15, -0.1) is 0 Å². The van der Waals surface area contributed by atoms with Gasteiger partial charge in [0, 0.05) is 19.1 Å². The largest absolute Gasteiger partial charge is 0.373 e. The number of aromatic nitrogens is 2. The Bertz CT molecular complexity index is 422. The van der Waals surface area contributed by atoms with Crippen LogP contribution in [0.1, 0.15) is 31.6 Å². The fourth-order valence-electron chi connectivity index (χ4n) is 2.43. The molecule has 0 spiro atoms. The molecule has 2 atom stereocenters. The Morgan fingerprint density at radius 3 is 2.89 bits per heavy atom. The monoisotopic (exact) mass is 287 g/mol. The van der Waals surface area contributed by atoms with Crippen LogP contribution in [0.4, 0.5) is 0 Å². The summed E-state index contributed by atoms with van der Waals surface area (Å²) in [4.78, 5) is 2.22. The van der Waals surface area contributed by atoms with Gasteiger partial charge in [-0.05, 0) is 20.9 Å². The number of hydrazine groups is 1. The maximum Gasteiger partial charge on any atom is 0.0925 e. The first-order chi connectivity index (χ1) is 9.04. The third kappa shape index (κ3) is 3.09. The van der Waals surface area contributed by atoms with Crippen LogP contribution in [0, 0.1) is 0 Å². The minimum Gasteiger partial charge on any atom is -0.373 e. The number of likely N-dealkylation sites (N-methyl/N-ethyl adjacent to an activating group) is 1. The van der Waals surface area contributed by atoms with Crippen molar-refractivity contribution in [2.24, 2.45) is 5.84 Å². The summed E-state index contributed by atoms with van der Waals surface area (Å²) in [6.07, 6.45) is 1.63. The second-order valence-electron chi connectivity index (χ2n) is 5.23. The molecule has 2 unspecified atom stereocenters. The van der Waals surface area contributed by atoms with Crippen LogP contribution in [0.3, 0.4) is 0 Å². The van der Waals surface area contributed by atoms with E-state index >= 15 is 0 Å². The average molecular weight is 288 g/mol. The highest BCUT2D eigenvalue weighted by atomic mass is 35.5. The number of nitrogens with one attached hydrogen (secondary N) is 1. The van der Waals surface area contributed by atoms with Crippen molar-refractivity contribution in [1.82, 2.24) is 20.1 Å². The normalized spacial score (nSPS) is 22.9. The second-order valence-corrected chi connectivity index (χ2v) is 5.64. The molecule has 0 amide bonds. The Hall–Kier alpha value is -0.660. The third-order valence-electron chi connectivity index (χ3n) is 3.42. The molecule has 2 heterocycles. The highest BCUT2D eigenvalue weighted by molar-refractivity contribution is 6.31. The molecule has 0 radical (unpaired) electrons. The van der Waals surface area contributed by atoms with Gasteiger partial charge in [-0.25, -0.2) is 5.43 Å². The molecule has 1 aromatic heterocycles. The van der Waals surface area contributed by atoms with Crippen molar-refractivity contribution in [3.8, 4) is 0 Å². The van der Waals surface area contributed by atoms with Crippen LogP contribution in [0.25, 0.3) is 0 Å². The average Bonchev–Trinajstić information content (AvgIpc) is 2.73. The van der Waals surface area contributed by atoms with Crippen LogP contribution < -0.4 is 11.3 Å². The van der Waals surface area contributed by atoms with Crippen molar-refractivity contribution in [2.45, 2.75) is 32.0 Å². The molecule has 0 aromatic carbocycles. The van der Waals surface area contributed by atoms with E-state index < -0.39 is 0 Å². The summed E-state index contributed by atoms with van der Waals surface area (Å²) < 4.78 is 7.72. The van der Waals surface area contributed by atoms with Gasteiger partial charge in [0.05, 0.1) is 35.7 Å². The van der Waals surface area contributed by atoms with Crippen molar-refractivity contribution >= 4 is 11.6 Å². The molecule has 2 rings (SSSR count). The van der Waals surface area contributed by atoms with E-state index in [1.165, 1.54) is 0 Å². The van der Waals surface area contributed by atoms with Gasteiger partial charge in [0.15, 0.2) is 0 Å². The van der Waals surface area contributed by atoms with Gasteiger partial charge in [-0.2, -0.15) is 5.10 Å². The summed E-state index contributed by atoms with van der Waals surface area (Å²) in [7, 11) is 2.07. The molecule has 1 aliphatic rings. The zero-order valence-corrected chi connectivity index (χ0v) is 12.4. The molecular weight excluding hydrogens is 266 g/mol. The standard InChI is InChI=1S/C12H22ClN5O/c1-8(2)18-12(9(13)6-15-18)11(16-14)10-7-17(3)4-5-19-10/h6,8,10-11,16H,4-5,7,14H2,1-3H3. The number of morpholine rings is 1. The molecule has 1 saturated heterocycles. The van der Waals surface area contributed by atoms with Gasteiger partial charge in [0.25, 0.3) is 0 Å². The van der Waals surface area contributed by atoms with Crippen LogP contribution in [-0.2, 0) is 4.74 Å². The van der Waals surface area contributed by atoms with Gasteiger partial charge in [-0.3, -0.25) is 10.5 Å². The summed E-state index contributed by atoms with van der Waals surface area (Å²) in [5.41, 5.74) is 3.72. The Kier molecular flexibility index (Phi) is 4.81. The van der Waals surface area contributed by atoms with E-state index in [4.69, 9.17) is 22.2 Å². The highest BCUT2D eigenvalue weighted by Crippen LogP contribution is 2.29. The number of rotatable bonds is 4. The molecule has 6 nitrogen and oxygen atoms in total. The van der Waals surface area contributed by atoms with E-state index in [9.17, 15) is 0 Å². The molecule has 108 valence electrons. The quantitative estimate of drug-likeness (QED) is 0.637. The van der Waals surface area contributed by atoms with Gasteiger partial charge in [-0.1, -0.05) is 11.6 Å². The summed E-state index contributed by atoms with van der Waals surface area (Å²) in [6, 6.07) is 0.0554. The van der Waals surface area contributed by atoms with Gasteiger partial charge < -0.3 is 9.64 Å². The first-order valence-corrected chi connectivity index (χ1v) is 6.91. The molecule has 1 fully saturated rings. The topological polar surface area (TPSA) is 68.3 Å². The summed E-state index contributed by atoms with van der Waals surface area (Å²) in [5.74, 6) is 5.73. The zero-order valence-electron chi connectivity index (χ0n) is 11.6. The number of halogens is 1. The fraction of sp³-hybridized carbons (Fsp3) is 0.750. The predicted octanol–water partition coefficient (Wildman–Crippen LogP) is 0.952. The van der Waals surface area contributed by atoms with E-state index in [-0.39, 0.29) is 18.2 Å². The molecule has 0 bridgehead atoms.